The number of nitrogens with zero attached hydrogens (tertiary/aromatic N) is 1. The maximum Gasteiger partial charge on any atom is 0.338 e. The highest BCUT2D eigenvalue weighted by atomic mass is 16.7. The molecular weight excluding hydrogens is 1110 g/mol. The van der Waals surface area contributed by atoms with Gasteiger partial charge in [0, 0.05) is 44.9 Å². The molecule has 2 saturated heterocycles. The van der Waals surface area contributed by atoms with Crippen molar-refractivity contribution in [2.45, 2.75) is 255 Å². The van der Waals surface area contributed by atoms with E-state index >= 15 is 0 Å². The van der Waals surface area contributed by atoms with Crippen molar-refractivity contribution in [1.82, 2.24) is 15.5 Å². The Morgan fingerprint density at radius 2 is 1.49 bits per heavy atom. The topological polar surface area (TPSA) is 293 Å². The van der Waals surface area contributed by atoms with Crippen LogP contribution in [0.5, 0.6) is 0 Å². The van der Waals surface area contributed by atoms with E-state index in [9.17, 15) is 54.9 Å². The van der Waals surface area contributed by atoms with Crippen LogP contribution < -0.4 is 10.6 Å². The maximum absolute atomic E-state index is 14.4. The van der Waals surface area contributed by atoms with Crippen LogP contribution in [0, 0.1) is 63.6 Å². The van der Waals surface area contributed by atoms with Crippen LogP contribution in [-0.2, 0) is 42.8 Å². The molecule has 8 fully saturated rings. The zero-order chi connectivity index (χ0) is 62.0. The number of rotatable bonds is 21. The minimum absolute atomic E-state index is 0.0227. The van der Waals surface area contributed by atoms with Gasteiger partial charge < -0.3 is 79.7 Å². The fraction of sp³-hybridized carbons (Fsp3) is 0.848. The third-order valence-electron chi connectivity index (χ3n) is 23.1. The van der Waals surface area contributed by atoms with E-state index in [-0.39, 0.29) is 77.5 Å². The van der Waals surface area contributed by atoms with Gasteiger partial charge >= 0.3 is 5.97 Å². The Labute approximate surface area is 509 Å². The number of nitrogens with one attached hydrogen (secondary N) is 2. The fourth-order valence-electron chi connectivity index (χ4n) is 17.9. The molecule has 0 bridgehead atoms. The van der Waals surface area contributed by atoms with Gasteiger partial charge in [-0.15, -0.1) is 0 Å². The molecule has 0 spiro atoms. The van der Waals surface area contributed by atoms with Gasteiger partial charge in [-0.2, -0.15) is 0 Å². The van der Waals surface area contributed by atoms with Gasteiger partial charge in [-0.25, -0.2) is 4.79 Å². The second kappa shape index (κ2) is 28.4. The van der Waals surface area contributed by atoms with Gasteiger partial charge in [-0.1, -0.05) is 91.3 Å². The lowest BCUT2D eigenvalue weighted by atomic mass is 9.39. The first-order valence-electron chi connectivity index (χ1n) is 32.9. The molecule has 7 unspecified atom stereocenters. The quantitative estimate of drug-likeness (QED) is 0.0567. The van der Waals surface area contributed by atoms with E-state index in [1.54, 1.807) is 44.4 Å². The Kier molecular flexibility index (Phi) is 22.2. The van der Waals surface area contributed by atoms with E-state index in [1.165, 1.54) is 11.8 Å². The maximum atomic E-state index is 14.4. The number of ether oxygens (including phenoxy) is 6. The number of aliphatic hydroxyl groups excluding tert-OH is 7. The molecule has 25 atom stereocenters. The first kappa shape index (κ1) is 67.0. The first-order valence-corrected chi connectivity index (χ1v) is 32.9. The van der Waals surface area contributed by atoms with E-state index in [0.717, 1.165) is 89.9 Å². The van der Waals surface area contributed by atoms with Crippen molar-refractivity contribution >= 4 is 23.7 Å². The molecule has 3 amide bonds. The van der Waals surface area contributed by atoms with Crippen molar-refractivity contribution < 1.29 is 83.3 Å². The molecule has 0 aromatic heterocycles. The highest BCUT2D eigenvalue weighted by Gasteiger charge is 2.67. The second-order valence-electron chi connectivity index (χ2n) is 28.7. The standard InChI is InChI=1S/C66H105N3O17/c1-9-39-29-41(59(78)68-27-26-67-51(73)21-20-36(2)42-31-49-64(4,34-42)24-23-48-65(5)25-22-44(71)32-43(65)33-50(72)66(48,49)6)30-45(56(39)86-62-55(77)54(76)52(74)37(3)81-62)83-63-58(85-61(80)40-18-14-11-15-19-40)57(53(75)47(35-70)84-63)82-46(60(79)69(7)8)28-38-16-12-10-13-17-38/h11,14-15,18-19,36-39,41-50,52-58,62-63,70-72,74-77H,9-10,12-13,16-17,20-35H2,1-8H3,(H,67,73)(H,68,78)/t36-,37?,39?,41?,42+,43+,44-,45-,46+,47-,48-,49-,50-,52?,53+,54?,55?,56-,57-,58-,62?,63+,64-,65+,66-/m1/s1. The van der Waals surface area contributed by atoms with Crippen LogP contribution in [-0.4, -0.2) is 190 Å². The molecule has 20 nitrogen and oxygen atoms in total. The predicted octanol–water partition coefficient (Wildman–Crippen LogP) is 5.17. The summed E-state index contributed by atoms with van der Waals surface area (Å²) in [6.07, 6.45) is -3.97. The summed E-state index contributed by atoms with van der Waals surface area (Å²) in [7, 11) is 3.22. The van der Waals surface area contributed by atoms with Crippen LogP contribution in [0.15, 0.2) is 30.3 Å². The molecule has 6 aliphatic carbocycles. The number of esters is 1. The van der Waals surface area contributed by atoms with Crippen molar-refractivity contribution in [2.24, 2.45) is 63.6 Å². The number of amides is 3. The molecule has 6 saturated carbocycles. The lowest BCUT2D eigenvalue weighted by Crippen LogP contribution is -2.64. The number of benzene rings is 1. The molecule has 8 aliphatic rings. The molecule has 9 N–H and O–H groups in total. The lowest BCUT2D eigenvalue weighted by Gasteiger charge is -2.66. The van der Waals surface area contributed by atoms with Gasteiger partial charge in [0.15, 0.2) is 18.7 Å². The molecular formula is C66H105N3O17. The Morgan fingerprint density at radius 1 is 0.767 bits per heavy atom. The van der Waals surface area contributed by atoms with E-state index in [1.807, 2.05) is 6.92 Å². The summed E-state index contributed by atoms with van der Waals surface area (Å²) in [4.78, 5) is 57.5. The third kappa shape index (κ3) is 14.2. The Hall–Kier alpha value is -3.38. The summed E-state index contributed by atoms with van der Waals surface area (Å²) in [5, 5.41) is 84.2. The lowest BCUT2D eigenvalue weighted by molar-refractivity contribution is -0.349. The van der Waals surface area contributed by atoms with E-state index in [2.05, 4.69) is 38.3 Å². The molecule has 0 radical (unpaired) electrons. The molecule has 86 heavy (non-hydrogen) atoms. The number of fused-ring (bicyclic) bond motifs is 5. The van der Waals surface area contributed by atoms with Crippen molar-refractivity contribution in [3.63, 3.8) is 0 Å². The minimum Gasteiger partial charge on any atom is -0.450 e. The van der Waals surface area contributed by atoms with Crippen LogP contribution >= 0.6 is 0 Å². The highest BCUT2D eigenvalue weighted by Crippen LogP contribution is 2.72. The summed E-state index contributed by atoms with van der Waals surface area (Å²) in [5.41, 5.74) is 0.217. The first-order chi connectivity index (χ1) is 40.9. The van der Waals surface area contributed by atoms with Gasteiger partial charge in [-0.3, -0.25) is 14.4 Å². The molecule has 1 aromatic carbocycles. The Balaban J connectivity index is 0.875. The van der Waals surface area contributed by atoms with Gasteiger partial charge in [0.2, 0.25) is 11.8 Å². The Bertz CT molecular complexity index is 2420. The summed E-state index contributed by atoms with van der Waals surface area (Å²) >= 11 is 0. The minimum atomic E-state index is -1.68. The second-order valence-corrected chi connectivity index (χ2v) is 28.7. The smallest absolute Gasteiger partial charge is 0.338 e. The van der Waals surface area contributed by atoms with Gasteiger partial charge in [0.05, 0.1) is 42.7 Å². The van der Waals surface area contributed by atoms with Gasteiger partial charge in [0.1, 0.15) is 42.7 Å². The molecule has 2 aliphatic heterocycles. The van der Waals surface area contributed by atoms with Crippen LogP contribution in [0.2, 0.25) is 0 Å². The molecule has 2 heterocycles. The summed E-state index contributed by atoms with van der Waals surface area (Å²) in [6, 6.07) is 8.17. The normalized spacial score (nSPS) is 42.5. The van der Waals surface area contributed by atoms with E-state index in [4.69, 9.17) is 28.4 Å². The van der Waals surface area contributed by atoms with Crippen molar-refractivity contribution in [3.05, 3.63) is 35.9 Å². The molecule has 486 valence electrons. The van der Waals surface area contributed by atoms with E-state index in [0.29, 0.717) is 48.9 Å². The number of likely N-dealkylation sites (N-methyl/N-ethyl adjacent to an activating group) is 1. The summed E-state index contributed by atoms with van der Waals surface area (Å²) in [5.74, 6) is -0.770. The van der Waals surface area contributed by atoms with Crippen LogP contribution in [0.3, 0.4) is 0 Å². The molecule has 1 aromatic rings. The van der Waals surface area contributed by atoms with Crippen molar-refractivity contribution in [2.75, 3.05) is 33.8 Å². The van der Waals surface area contributed by atoms with Crippen LogP contribution in [0.4, 0.5) is 0 Å². The number of carbonyl (C=O) groups is 4. The van der Waals surface area contributed by atoms with Crippen LogP contribution in [0.1, 0.15) is 174 Å². The number of hydrogen-bond donors (Lipinski definition) is 9. The third-order valence-corrected chi connectivity index (χ3v) is 23.1. The van der Waals surface area contributed by atoms with Crippen LogP contribution in [0.25, 0.3) is 0 Å². The van der Waals surface area contributed by atoms with Crippen molar-refractivity contribution in [1.29, 1.82) is 0 Å². The highest BCUT2D eigenvalue weighted by molar-refractivity contribution is 5.89. The monoisotopic (exact) mass is 1210 g/mol. The average Bonchev–Trinajstić information content (AvgIpc) is 1.32. The number of hydrogen-bond acceptors (Lipinski definition) is 17. The SMILES string of the molecule is CCC1CC(C(=O)NCCNC(=O)CC[C@@H](C)[C@H]2C[C@@H]3[C@](C)(CC[C@@H]4[C@@]5(C)CC[C@@H](O)C[C@H]5C[C@@H](O)[C@@]34C)C2)C[C@@H](O[C@H]2O[C@H](CO)[C@H](O)[C@@H](O[C@@H](CC3CCCCC3)C(=O)N(C)C)[C@H]2OC(=O)c2ccccc2)[C@@H]1OC1OC(C)C(O)C(O)C1O. The van der Waals surface area contributed by atoms with Gasteiger partial charge in [-0.05, 0) is 148 Å². The average molecular weight is 1210 g/mol. The Morgan fingerprint density at radius 3 is 2.19 bits per heavy atom. The zero-order valence-electron chi connectivity index (χ0n) is 52.4. The number of aliphatic hydroxyl groups is 7. The zero-order valence-corrected chi connectivity index (χ0v) is 52.4. The fourth-order valence-corrected chi connectivity index (χ4v) is 17.9. The predicted molar refractivity (Wildman–Crippen MR) is 316 cm³/mol. The van der Waals surface area contributed by atoms with E-state index < -0.39 is 110 Å². The summed E-state index contributed by atoms with van der Waals surface area (Å²) in [6.45, 7) is 12.5. The largest absolute Gasteiger partial charge is 0.450 e. The summed E-state index contributed by atoms with van der Waals surface area (Å²) < 4.78 is 38.7. The van der Waals surface area contributed by atoms with Crippen molar-refractivity contribution in [3.8, 4) is 0 Å². The van der Waals surface area contributed by atoms with Gasteiger partial charge in [0.25, 0.3) is 5.91 Å². The molecule has 9 rings (SSSR count). The molecule has 20 heteroatoms. The number of carbonyl (C=O) groups excluding carboxylic acids is 4.